The summed E-state index contributed by atoms with van der Waals surface area (Å²) < 4.78 is 10.8. The number of hydrogen-bond donors (Lipinski definition) is 0. The lowest BCUT2D eigenvalue weighted by Crippen LogP contribution is -2.33. The molecule has 1 amide bonds. The van der Waals surface area contributed by atoms with Gasteiger partial charge in [-0.2, -0.15) is 0 Å². The van der Waals surface area contributed by atoms with Crippen molar-refractivity contribution in [2.75, 3.05) is 13.6 Å². The van der Waals surface area contributed by atoms with Crippen LogP contribution in [0.4, 0.5) is 4.79 Å². The second-order valence-corrected chi connectivity index (χ2v) is 6.25. The first-order chi connectivity index (χ1) is 12.1. The number of esters is 1. The minimum absolute atomic E-state index is 0.0371. The van der Waals surface area contributed by atoms with Crippen LogP contribution in [0, 0.1) is 0 Å². The van der Waals surface area contributed by atoms with Crippen LogP contribution in [0.5, 0.6) is 0 Å². The van der Waals surface area contributed by atoms with Crippen LogP contribution in [0.2, 0.25) is 0 Å². The van der Waals surface area contributed by atoms with Crippen LogP contribution in [-0.2, 0) is 20.9 Å². The van der Waals surface area contributed by atoms with Crippen LogP contribution in [0.15, 0.2) is 30.3 Å². The van der Waals surface area contributed by atoms with Crippen molar-refractivity contribution in [1.29, 1.82) is 0 Å². The molecule has 5 heteroatoms. The number of unbranched alkanes of at least 4 members (excludes halogenated alkanes) is 1. The molecule has 1 atom stereocenters. The van der Waals surface area contributed by atoms with E-state index in [2.05, 4.69) is 13.8 Å². The minimum Gasteiger partial charge on any atom is -0.461 e. The largest absolute Gasteiger partial charge is 0.461 e. The van der Waals surface area contributed by atoms with Gasteiger partial charge in [0, 0.05) is 13.6 Å². The van der Waals surface area contributed by atoms with E-state index in [1.807, 2.05) is 30.3 Å². The SMILES string of the molecule is CCCCC(CCC)OC(=O)N(C)CCC(=O)OCc1ccccc1. The highest BCUT2D eigenvalue weighted by Gasteiger charge is 2.17. The molecular formula is C20H31NO4. The number of carbonyl (C=O) groups excluding carboxylic acids is 2. The van der Waals surface area contributed by atoms with Crippen molar-refractivity contribution in [2.24, 2.45) is 0 Å². The zero-order chi connectivity index (χ0) is 18.5. The van der Waals surface area contributed by atoms with Crippen LogP contribution in [0.25, 0.3) is 0 Å². The van der Waals surface area contributed by atoms with Gasteiger partial charge in [0.15, 0.2) is 0 Å². The summed E-state index contributed by atoms with van der Waals surface area (Å²) in [5.41, 5.74) is 0.946. The fourth-order valence-corrected chi connectivity index (χ4v) is 2.41. The van der Waals surface area contributed by atoms with Gasteiger partial charge in [0.2, 0.25) is 0 Å². The molecule has 1 unspecified atom stereocenters. The van der Waals surface area contributed by atoms with Crippen LogP contribution >= 0.6 is 0 Å². The number of hydrogen-bond acceptors (Lipinski definition) is 4. The highest BCUT2D eigenvalue weighted by Crippen LogP contribution is 2.12. The summed E-state index contributed by atoms with van der Waals surface area (Å²) in [6.45, 7) is 4.75. The molecule has 140 valence electrons. The van der Waals surface area contributed by atoms with Crippen molar-refractivity contribution in [2.45, 2.75) is 65.1 Å². The van der Waals surface area contributed by atoms with E-state index in [0.717, 1.165) is 37.7 Å². The van der Waals surface area contributed by atoms with Gasteiger partial charge in [-0.3, -0.25) is 4.79 Å². The summed E-state index contributed by atoms with van der Waals surface area (Å²) in [5.74, 6) is -0.320. The Morgan fingerprint density at radius 1 is 1.08 bits per heavy atom. The first-order valence-electron chi connectivity index (χ1n) is 9.18. The van der Waals surface area contributed by atoms with Gasteiger partial charge in [0.05, 0.1) is 6.42 Å². The van der Waals surface area contributed by atoms with E-state index in [0.29, 0.717) is 6.54 Å². The maximum Gasteiger partial charge on any atom is 0.409 e. The van der Waals surface area contributed by atoms with Crippen molar-refractivity contribution in [1.82, 2.24) is 4.90 Å². The number of rotatable bonds is 11. The Labute approximate surface area is 151 Å². The van der Waals surface area contributed by atoms with Gasteiger partial charge in [-0.05, 0) is 18.4 Å². The van der Waals surface area contributed by atoms with E-state index in [1.165, 1.54) is 4.90 Å². The Morgan fingerprint density at radius 3 is 2.44 bits per heavy atom. The first kappa shape index (κ1) is 21.0. The Kier molecular flexibility index (Phi) is 10.4. The van der Waals surface area contributed by atoms with E-state index in [4.69, 9.17) is 9.47 Å². The van der Waals surface area contributed by atoms with E-state index >= 15 is 0 Å². The van der Waals surface area contributed by atoms with Gasteiger partial charge in [0.25, 0.3) is 0 Å². The average molecular weight is 349 g/mol. The molecule has 0 spiro atoms. The molecule has 25 heavy (non-hydrogen) atoms. The van der Waals surface area contributed by atoms with Gasteiger partial charge in [-0.1, -0.05) is 63.4 Å². The van der Waals surface area contributed by atoms with E-state index in [9.17, 15) is 9.59 Å². The summed E-state index contributed by atoms with van der Waals surface area (Å²) >= 11 is 0. The number of nitrogens with zero attached hydrogens (tertiary/aromatic N) is 1. The molecule has 0 saturated carbocycles. The molecule has 0 bridgehead atoms. The maximum atomic E-state index is 12.1. The molecule has 1 aromatic carbocycles. The lowest BCUT2D eigenvalue weighted by molar-refractivity contribution is -0.145. The lowest BCUT2D eigenvalue weighted by atomic mass is 10.1. The smallest absolute Gasteiger partial charge is 0.409 e. The lowest BCUT2D eigenvalue weighted by Gasteiger charge is -2.22. The van der Waals surface area contributed by atoms with Crippen molar-refractivity contribution >= 4 is 12.1 Å². The Morgan fingerprint density at radius 2 is 1.80 bits per heavy atom. The van der Waals surface area contributed by atoms with E-state index in [1.54, 1.807) is 7.05 Å². The second-order valence-electron chi connectivity index (χ2n) is 6.25. The molecule has 0 aliphatic heterocycles. The number of amides is 1. The molecular weight excluding hydrogens is 318 g/mol. The number of carbonyl (C=O) groups is 2. The van der Waals surface area contributed by atoms with Crippen molar-refractivity contribution in [3.05, 3.63) is 35.9 Å². The normalized spacial score (nSPS) is 11.6. The summed E-state index contributed by atoms with van der Waals surface area (Å²) in [4.78, 5) is 25.4. The molecule has 0 radical (unpaired) electrons. The number of ether oxygens (including phenoxy) is 2. The Balaban J connectivity index is 2.29. The molecule has 0 fully saturated rings. The fraction of sp³-hybridized carbons (Fsp3) is 0.600. The Hall–Kier alpha value is -2.04. The summed E-state index contributed by atoms with van der Waals surface area (Å²) in [7, 11) is 1.65. The molecule has 1 aromatic rings. The molecule has 1 rings (SSSR count). The second kappa shape index (κ2) is 12.3. The predicted molar refractivity (Wildman–Crippen MR) is 98.2 cm³/mol. The maximum absolute atomic E-state index is 12.1. The van der Waals surface area contributed by atoms with E-state index < -0.39 is 0 Å². The first-order valence-corrected chi connectivity index (χ1v) is 9.18. The van der Waals surface area contributed by atoms with Gasteiger partial charge < -0.3 is 14.4 Å². The van der Waals surface area contributed by atoms with E-state index in [-0.39, 0.29) is 31.2 Å². The van der Waals surface area contributed by atoms with Crippen molar-refractivity contribution in [3.8, 4) is 0 Å². The third-order valence-corrected chi connectivity index (χ3v) is 3.96. The molecule has 0 aliphatic carbocycles. The molecule has 0 aliphatic rings. The fourth-order valence-electron chi connectivity index (χ4n) is 2.41. The highest BCUT2D eigenvalue weighted by atomic mass is 16.6. The van der Waals surface area contributed by atoms with Gasteiger partial charge >= 0.3 is 12.1 Å². The standard InChI is InChI=1S/C20H31NO4/c1-4-6-13-18(10-5-2)25-20(23)21(3)15-14-19(22)24-16-17-11-8-7-9-12-17/h7-9,11-12,18H,4-6,10,13-16H2,1-3H3. The van der Waals surface area contributed by atoms with Crippen LogP contribution in [-0.4, -0.2) is 36.7 Å². The molecule has 0 heterocycles. The van der Waals surface area contributed by atoms with Gasteiger partial charge in [0.1, 0.15) is 12.7 Å². The third kappa shape index (κ3) is 9.13. The monoisotopic (exact) mass is 349 g/mol. The molecule has 5 nitrogen and oxygen atoms in total. The Bertz CT molecular complexity index is 504. The van der Waals surface area contributed by atoms with Crippen LogP contribution < -0.4 is 0 Å². The predicted octanol–water partition coefficient (Wildman–Crippen LogP) is 4.55. The zero-order valence-electron chi connectivity index (χ0n) is 15.7. The van der Waals surface area contributed by atoms with Crippen LogP contribution in [0.3, 0.4) is 0 Å². The molecule has 0 aromatic heterocycles. The summed E-state index contributed by atoms with van der Waals surface area (Å²) in [5, 5.41) is 0. The zero-order valence-corrected chi connectivity index (χ0v) is 15.7. The summed E-state index contributed by atoms with van der Waals surface area (Å²) in [6, 6.07) is 9.52. The third-order valence-electron chi connectivity index (χ3n) is 3.96. The van der Waals surface area contributed by atoms with Crippen molar-refractivity contribution < 1.29 is 19.1 Å². The number of benzene rings is 1. The topological polar surface area (TPSA) is 55.8 Å². The highest BCUT2D eigenvalue weighted by molar-refractivity contribution is 5.71. The summed E-state index contributed by atoms with van der Waals surface area (Å²) in [6.07, 6.45) is 4.63. The molecule has 0 N–H and O–H groups in total. The molecule has 0 saturated heterocycles. The average Bonchev–Trinajstić information content (AvgIpc) is 2.63. The quantitative estimate of drug-likeness (QED) is 0.550. The minimum atomic E-state index is -0.370. The van der Waals surface area contributed by atoms with Gasteiger partial charge in [-0.25, -0.2) is 4.79 Å². The van der Waals surface area contributed by atoms with Gasteiger partial charge in [-0.15, -0.1) is 0 Å². The van der Waals surface area contributed by atoms with Crippen LogP contribution in [0.1, 0.15) is 57.9 Å². The van der Waals surface area contributed by atoms with Crippen molar-refractivity contribution in [3.63, 3.8) is 0 Å².